The number of hydrogen-bond donors (Lipinski definition) is 2. The lowest BCUT2D eigenvalue weighted by Gasteiger charge is -2.20. The molecule has 1 aliphatic rings. The predicted octanol–water partition coefficient (Wildman–Crippen LogP) is 1.99. The van der Waals surface area contributed by atoms with Gasteiger partial charge < -0.3 is 15.8 Å². The number of nitrogens with zero attached hydrogens (tertiary/aromatic N) is 3. The van der Waals surface area contributed by atoms with Gasteiger partial charge in [-0.1, -0.05) is 12.1 Å². The lowest BCUT2D eigenvalue weighted by Crippen LogP contribution is -2.34. The van der Waals surface area contributed by atoms with E-state index in [1.165, 1.54) is 41.5 Å². The highest BCUT2D eigenvalue weighted by molar-refractivity contribution is 6.09. The first-order valence-electron chi connectivity index (χ1n) is 9.25. The van der Waals surface area contributed by atoms with Crippen molar-refractivity contribution in [2.45, 2.75) is 24.9 Å². The number of alkyl halides is 3. The summed E-state index contributed by atoms with van der Waals surface area (Å²) in [6.45, 7) is 1.11. The van der Waals surface area contributed by atoms with Gasteiger partial charge in [0.2, 0.25) is 0 Å². The highest BCUT2D eigenvalue weighted by atomic mass is 19.4. The molecule has 2 heterocycles. The predicted molar refractivity (Wildman–Crippen MR) is 107 cm³/mol. The number of ether oxygens (including phenoxy) is 1. The van der Waals surface area contributed by atoms with Crippen LogP contribution in [0.1, 0.15) is 22.7 Å². The highest BCUT2D eigenvalue weighted by Crippen LogP contribution is 2.29. The van der Waals surface area contributed by atoms with Gasteiger partial charge in [-0.3, -0.25) is 9.79 Å². The van der Waals surface area contributed by atoms with E-state index in [0.29, 0.717) is 29.8 Å². The summed E-state index contributed by atoms with van der Waals surface area (Å²) in [6.07, 6.45) is -0.312. The summed E-state index contributed by atoms with van der Waals surface area (Å²) < 4.78 is 45.2. The molecule has 1 saturated heterocycles. The Morgan fingerprint density at radius 3 is 2.70 bits per heavy atom. The standard InChI is InChI=1S/C20H22F3N5O2/c1-25-8-15(7-24)14-6-19(29)28(27-9-14)17-10-26-11-18(17)30-12-13-2-4-16(5-3-13)20(21,22)23/h2-9,17-18,26H,10-12,24H2,1H3/t17-,18?/m1/s1. The molecule has 2 aromatic rings. The Morgan fingerprint density at radius 2 is 2.10 bits per heavy atom. The van der Waals surface area contributed by atoms with Crippen LogP contribution in [0.3, 0.4) is 0 Å². The molecule has 30 heavy (non-hydrogen) atoms. The maximum absolute atomic E-state index is 12.7. The number of hydrogen-bond acceptors (Lipinski definition) is 6. The summed E-state index contributed by atoms with van der Waals surface area (Å²) >= 11 is 0. The van der Waals surface area contributed by atoms with Crippen LogP contribution in [0.25, 0.3) is 5.57 Å². The number of rotatable bonds is 6. The number of nitrogens with one attached hydrogen (secondary N) is 1. The lowest BCUT2D eigenvalue weighted by atomic mass is 10.1. The first kappa shape index (κ1) is 21.7. The van der Waals surface area contributed by atoms with Crippen LogP contribution in [0.15, 0.2) is 52.5 Å². The molecule has 0 bridgehead atoms. The Bertz CT molecular complexity index is 983. The van der Waals surface area contributed by atoms with E-state index in [0.717, 1.165) is 12.1 Å². The average Bonchev–Trinajstić information content (AvgIpc) is 3.18. The summed E-state index contributed by atoms with van der Waals surface area (Å²) in [5, 5.41) is 7.41. The van der Waals surface area contributed by atoms with E-state index in [4.69, 9.17) is 10.5 Å². The number of aliphatic imine (C=N–C) groups is 1. The molecular formula is C20H22F3N5O2. The van der Waals surface area contributed by atoms with Crippen molar-refractivity contribution in [1.82, 2.24) is 15.1 Å². The first-order chi connectivity index (χ1) is 14.3. The second-order valence-corrected chi connectivity index (χ2v) is 6.81. The molecule has 1 aromatic heterocycles. The molecule has 1 fully saturated rings. The molecule has 0 radical (unpaired) electrons. The van der Waals surface area contributed by atoms with Gasteiger partial charge in [0.05, 0.1) is 30.5 Å². The van der Waals surface area contributed by atoms with Crippen molar-refractivity contribution in [3.63, 3.8) is 0 Å². The highest BCUT2D eigenvalue weighted by Gasteiger charge is 2.32. The zero-order valence-electron chi connectivity index (χ0n) is 16.3. The monoisotopic (exact) mass is 421 g/mol. The Hall–Kier alpha value is -2.98. The summed E-state index contributed by atoms with van der Waals surface area (Å²) in [5.74, 6) is 0. The van der Waals surface area contributed by atoms with Gasteiger partial charge >= 0.3 is 6.18 Å². The second kappa shape index (κ2) is 9.23. The van der Waals surface area contributed by atoms with Crippen molar-refractivity contribution in [3.05, 3.63) is 69.8 Å². The zero-order valence-corrected chi connectivity index (χ0v) is 16.3. The van der Waals surface area contributed by atoms with Crippen LogP contribution < -0.4 is 16.6 Å². The van der Waals surface area contributed by atoms with E-state index in [2.05, 4.69) is 15.4 Å². The molecule has 0 amide bonds. The fourth-order valence-corrected chi connectivity index (χ4v) is 3.23. The van der Waals surface area contributed by atoms with E-state index in [1.54, 1.807) is 7.05 Å². The van der Waals surface area contributed by atoms with Crippen LogP contribution in [0.4, 0.5) is 13.2 Å². The Kier molecular flexibility index (Phi) is 6.68. The molecule has 10 heteroatoms. The second-order valence-electron chi connectivity index (χ2n) is 6.81. The van der Waals surface area contributed by atoms with Gasteiger partial charge in [0.15, 0.2) is 0 Å². The average molecular weight is 421 g/mol. The van der Waals surface area contributed by atoms with Gasteiger partial charge in [-0.15, -0.1) is 0 Å². The van der Waals surface area contributed by atoms with Crippen LogP contribution in [0.5, 0.6) is 0 Å². The Balaban J connectivity index is 1.71. The van der Waals surface area contributed by atoms with E-state index in [9.17, 15) is 18.0 Å². The first-order valence-corrected chi connectivity index (χ1v) is 9.25. The molecule has 1 unspecified atom stereocenters. The molecule has 1 aliphatic heterocycles. The number of allylic oxidation sites excluding steroid dienone is 1. The third-order valence-electron chi connectivity index (χ3n) is 4.79. The van der Waals surface area contributed by atoms with Crippen LogP contribution in [-0.4, -0.2) is 42.2 Å². The third-order valence-corrected chi connectivity index (χ3v) is 4.79. The van der Waals surface area contributed by atoms with Crippen LogP contribution in [-0.2, 0) is 17.5 Å². The fraction of sp³-hybridized carbons (Fsp3) is 0.350. The normalized spacial score (nSPS) is 20.2. The SMILES string of the molecule is CN=CC(=CN)c1cnn([C@@H]2CNCC2OCc2ccc(C(F)(F)F)cc2)c(=O)c1. The van der Waals surface area contributed by atoms with Gasteiger partial charge in [0.1, 0.15) is 0 Å². The van der Waals surface area contributed by atoms with Gasteiger partial charge in [-0.05, 0) is 17.7 Å². The maximum atomic E-state index is 12.7. The molecule has 0 saturated carbocycles. The number of aromatic nitrogens is 2. The fourth-order valence-electron chi connectivity index (χ4n) is 3.23. The quantitative estimate of drug-likeness (QED) is 0.696. The van der Waals surface area contributed by atoms with Crippen molar-refractivity contribution >= 4 is 11.8 Å². The number of halogens is 3. The number of benzene rings is 1. The van der Waals surface area contributed by atoms with Gasteiger partial charge in [-0.2, -0.15) is 18.3 Å². The van der Waals surface area contributed by atoms with Crippen molar-refractivity contribution in [1.29, 1.82) is 0 Å². The molecule has 1 aromatic carbocycles. The van der Waals surface area contributed by atoms with Crippen LogP contribution in [0, 0.1) is 0 Å². The van der Waals surface area contributed by atoms with Crippen LogP contribution >= 0.6 is 0 Å². The summed E-state index contributed by atoms with van der Waals surface area (Å²) in [6, 6.07) is 5.90. The minimum absolute atomic E-state index is 0.126. The Labute approximate surface area is 171 Å². The molecule has 3 rings (SSSR count). The van der Waals surface area contributed by atoms with E-state index < -0.39 is 11.7 Å². The minimum atomic E-state index is -4.37. The van der Waals surface area contributed by atoms with Crippen molar-refractivity contribution in [3.8, 4) is 0 Å². The van der Waals surface area contributed by atoms with Crippen molar-refractivity contribution < 1.29 is 17.9 Å². The van der Waals surface area contributed by atoms with E-state index in [-0.39, 0.29) is 24.3 Å². The zero-order chi connectivity index (χ0) is 21.7. The van der Waals surface area contributed by atoms with Crippen LogP contribution in [0.2, 0.25) is 0 Å². The Morgan fingerprint density at radius 1 is 1.37 bits per heavy atom. The maximum Gasteiger partial charge on any atom is 0.416 e. The molecule has 2 atom stereocenters. The third kappa shape index (κ3) is 4.95. The van der Waals surface area contributed by atoms with E-state index in [1.807, 2.05) is 0 Å². The lowest BCUT2D eigenvalue weighted by molar-refractivity contribution is -0.137. The minimum Gasteiger partial charge on any atom is -0.404 e. The van der Waals surface area contributed by atoms with E-state index >= 15 is 0 Å². The van der Waals surface area contributed by atoms with Gasteiger partial charge in [0.25, 0.3) is 5.56 Å². The van der Waals surface area contributed by atoms with Gasteiger partial charge in [-0.25, -0.2) is 4.68 Å². The number of nitrogens with two attached hydrogens (primary N) is 1. The molecule has 160 valence electrons. The smallest absolute Gasteiger partial charge is 0.404 e. The molecule has 3 N–H and O–H groups in total. The van der Waals surface area contributed by atoms with Crippen molar-refractivity contribution in [2.75, 3.05) is 20.1 Å². The molecule has 0 spiro atoms. The van der Waals surface area contributed by atoms with Gasteiger partial charge in [0, 0.05) is 49.8 Å². The van der Waals surface area contributed by atoms with Crippen molar-refractivity contribution in [2.24, 2.45) is 10.7 Å². The largest absolute Gasteiger partial charge is 0.416 e. The molecule has 0 aliphatic carbocycles. The summed E-state index contributed by atoms with van der Waals surface area (Å²) in [4.78, 5) is 16.5. The topological polar surface area (TPSA) is 94.5 Å². The molecule has 7 nitrogen and oxygen atoms in total. The molecular weight excluding hydrogens is 399 g/mol. The summed E-state index contributed by atoms with van der Waals surface area (Å²) in [5.41, 5.74) is 6.29. The summed E-state index contributed by atoms with van der Waals surface area (Å²) in [7, 11) is 1.60.